The van der Waals surface area contributed by atoms with Gasteiger partial charge in [0.25, 0.3) is 5.57 Å². The van der Waals surface area contributed by atoms with E-state index < -0.39 is 5.16 Å². The first-order valence-electron chi connectivity index (χ1n) is 31.8. The van der Waals surface area contributed by atoms with E-state index in [0.717, 1.165) is 16.9 Å². The van der Waals surface area contributed by atoms with Gasteiger partial charge in [0, 0.05) is 54.5 Å². The van der Waals surface area contributed by atoms with Gasteiger partial charge in [0.2, 0.25) is 0 Å². The standard InChI is InChI=1S/C88H72N2P/c1-64-60-77(81(66-36-14-3-15-37-66)67-38-16-4-17-39-67)85(78(61-64)82(68-40-18-5-19-41-68)69-42-20-6-21-43-69)89-58-59-90(87(89)91-88(74-52-30-11-31-53-74,75-54-32-12-33-55-75)76-56-34-13-35-57-76)86-79(83(70-44-22-7-23-45-70)71-46-24-8-25-47-71)62-65(2)63-80(86)84(72-48-26-9-27-49-72)73-50-28-10-29-51-73/h3-63,81-84,91H,1-2H3/q+1. The summed E-state index contributed by atoms with van der Waals surface area (Å²) in [6.45, 7) is 4.60. The Kier molecular flexibility index (Phi) is 17.1. The van der Waals surface area contributed by atoms with E-state index in [1.165, 1.54) is 94.6 Å². The van der Waals surface area contributed by atoms with Crippen LogP contribution < -0.4 is 10.1 Å². The highest BCUT2D eigenvalue weighted by molar-refractivity contribution is 7.48. The monoisotopic (exact) mass is 1190 g/mol. The van der Waals surface area contributed by atoms with Crippen molar-refractivity contribution in [2.45, 2.75) is 42.7 Å². The van der Waals surface area contributed by atoms with Crippen LogP contribution in [0.2, 0.25) is 0 Å². The Balaban J connectivity index is 1.21. The molecule has 1 unspecified atom stereocenters. The summed E-state index contributed by atoms with van der Waals surface area (Å²) >= 11 is 0. The van der Waals surface area contributed by atoms with Crippen LogP contribution in [-0.4, -0.2) is 4.57 Å². The van der Waals surface area contributed by atoms with E-state index in [1.807, 2.05) is 0 Å². The highest BCUT2D eigenvalue weighted by atomic mass is 31.1. The molecule has 0 amide bonds. The molecule has 3 heteroatoms. The number of benzene rings is 13. The Hall–Kier alpha value is -10.5. The minimum atomic E-state index is -0.718. The Morgan fingerprint density at radius 1 is 0.286 bits per heavy atom. The quantitative estimate of drug-likeness (QED) is 0.0433. The summed E-state index contributed by atoms with van der Waals surface area (Å²) in [4.78, 5) is 0. The largest absolute Gasteiger partial charge is 0.285 e. The summed E-state index contributed by atoms with van der Waals surface area (Å²) < 4.78 is 5.33. The molecular formula is C88H72N2P+. The summed E-state index contributed by atoms with van der Waals surface area (Å²) in [5.41, 5.74) is 24.2. The minimum absolute atomic E-state index is 0.0836. The zero-order valence-corrected chi connectivity index (χ0v) is 52.4. The summed E-state index contributed by atoms with van der Waals surface area (Å²) in [5.74, 6) is -0.652. The molecule has 0 fully saturated rings. The van der Waals surface area contributed by atoms with Crippen LogP contribution in [0.1, 0.15) is 118 Å². The average Bonchev–Trinajstić information content (AvgIpc) is 1.72. The van der Waals surface area contributed by atoms with E-state index in [1.54, 1.807) is 0 Å². The molecule has 1 aromatic heterocycles. The van der Waals surface area contributed by atoms with Crippen molar-refractivity contribution in [1.29, 1.82) is 0 Å². The molecule has 1 atom stereocenters. The molecule has 0 saturated carbocycles. The lowest BCUT2D eigenvalue weighted by atomic mass is 9.78. The predicted molar refractivity (Wildman–Crippen MR) is 379 cm³/mol. The van der Waals surface area contributed by atoms with Gasteiger partial charge < -0.3 is 0 Å². The highest BCUT2D eigenvalue weighted by Gasteiger charge is 2.44. The van der Waals surface area contributed by atoms with Gasteiger partial charge in [-0.2, -0.15) is 9.13 Å². The number of rotatable bonds is 19. The third kappa shape index (κ3) is 11.8. The topological polar surface area (TPSA) is 8.81 Å². The molecule has 0 saturated heterocycles. The van der Waals surface area contributed by atoms with Crippen LogP contribution in [0.3, 0.4) is 0 Å². The zero-order chi connectivity index (χ0) is 61.4. The number of aryl methyl sites for hydroxylation is 2. The van der Waals surface area contributed by atoms with Crippen LogP contribution in [0, 0.1) is 13.8 Å². The van der Waals surface area contributed by atoms with Crippen LogP contribution >= 0.6 is 8.58 Å². The molecule has 2 nitrogen and oxygen atoms in total. The Morgan fingerprint density at radius 3 is 0.758 bits per heavy atom. The molecule has 0 bridgehead atoms. The third-order valence-corrected chi connectivity index (χ3v) is 20.1. The van der Waals surface area contributed by atoms with E-state index >= 15 is 0 Å². The van der Waals surface area contributed by atoms with Gasteiger partial charge in [-0.3, -0.25) is 0 Å². The Bertz CT molecular complexity index is 3940. The van der Waals surface area contributed by atoms with Gasteiger partial charge in [-0.15, -0.1) is 0 Å². The van der Waals surface area contributed by atoms with Crippen LogP contribution in [0.15, 0.2) is 370 Å². The summed E-state index contributed by atoms with van der Waals surface area (Å²) in [6, 6.07) is 134. The fourth-order valence-electron chi connectivity index (χ4n) is 14.3. The molecule has 91 heavy (non-hydrogen) atoms. The van der Waals surface area contributed by atoms with Crippen molar-refractivity contribution in [1.82, 2.24) is 4.57 Å². The second-order valence-electron chi connectivity index (χ2n) is 23.9. The second kappa shape index (κ2) is 26.7. The highest BCUT2D eigenvalue weighted by Crippen LogP contribution is 2.53. The van der Waals surface area contributed by atoms with E-state index in [0.29, 0.717) is 0 Å². The average molecular weight is 1190 g/mol. The number of nitrogens with zero attached hydrogens (tertiary/aromatic N) is 2. The molecule has 0 aliphatic rings. The maximum atomic E-state index is 2.66. The van der Waals surface area contributed by atoms with E-state index in [2.05, 4.69) is 393 Å². The molecule has 0 spiro atoms. The SMILES string of the molecule is Cc1cc(C(c2ccccc2)c2ccccc2)c(-n2cc[n+](-c3c(C(c4ccccc4)c4ccccc4)cc(C)cc3C(c3ccccc3)c3ccccc3)c2PC(c2ccccc2)(c2ccccc2)c2ccccc2)c(C(c2ccccc2)c2ccccc2)c1. The fraction of sp³-hybridized carbons (Fsp3) is 0.0795. The van der Waals surface area contributed by atoms with Gasteiger partial charge >= 0.3 is 0 Å². The first-order chi connectivity index (χ1) is 45.0. The molecule has 438 valence electrons. The smallest absolute Gasteiger partial charge is 0.195 e. The molecular weight excluding hydrogens is 1120 g/mol. The number of imidazole rings is 1. The maximum Gasteiger partial charge on any atom is 0.285 e. The maximum absolute atomic E-state index is 2.66. The minimum Gasteiger partial charge on any atom is -0.195 e. The van der Waals surface area contributed by atoms with Crippen molar-refractivity contribution in [2.24, 2.45) is 0 Å². The Morgan fingerprint density at radius 2 is 0.505 bits per heavy atom. The molecule has 0 radical (unpaired) electrons. The predicted octanol–water partition coefficient (Wildman–Crippen LogP) is 20.4. The van der Waals surface area contributed by atoms with Gasteiger partial charge in [-0.25, -0.2) is 0 Å². The van der Waals surface area contributed by atoms with Gasteiger partial charge in [0.05, 0.1) is 5.16 Å². The molecule has 13 aromatic carbocycles. The molecule has 0 N–H and O–H groups in total. The van der Waals surface area contributed by atoms with Crippen molar-refractivity contribution < 1.29 is 4.57 Å². The summed E-state index contributed by atoms with van der Waals surface area (Å²) in [5, 5.41) is -0.718. The second-order valence-corrected chi connectivity index (χ2v) is 25.4. The first kappa shape index (κ1) is 58.2. The zero-order valence-electron chi connectivity index (χ0n) is 51.4. The number of hydrogen-bond donors (Lipinski definition) is 0. The fourth-order valence-corrected chi connectivity index (χ4v) is 16.2. The molecule has 0 aliphatic carbocycles. The molecule has 14 aromatic rings. The lowest BCUT2D eigenvalue weighted by molar-refractivity contribution is -0.576. The Labute approximate surface area is 538 Å². The molecule has 1 heterocycles. The normalized spacial score (nSPS) is 11.8. The van der Waals surface area contributed by atoms with Crippen LogP contribution in [0.5, 0.6) is 0 Å². The van der Waals surface area contributed by atoms with Gasteiger partial charge in [-0.1, -0.05) is 369 Å². The van der Waals surface area contributed by atoms with E-state index in [9.17, 15) is 0 Å². The van der Waals surface area contributed by atoms with Crippen molar-refractivity contribution in [3.05, 3.63) is 465 Å². The van der Waals surface area contributed by atoms with Crippen molar-refractivity contribution in [2.75, 3.05) is 0 Å². The molecule has 0 aliphatic heterocycles. The van der Waals surface area contributed by atoms with Crippen molar-refractivity contribution >= 4 is 14.1 Å². The van der Waals surface area contributed by atoms with Crippen LogP contribution in [-0.2, 0) is 5.16 Å². The molecule has 14 rings (SSSR count). The lowest BCUT2D eigenvalue weighted by Gasteiger charge is -2.35. The van der Waals surface area contributed by atoms with Crippen molar-refractivity contribution in [3.63, 3.8) is 0 Å². The van der Waals surface area contributed by atoms with E-state index in [-0.39, 0.29) is 32.3 Å². The third-order valence-electron chi connectivity index (χ3n) is 18.2. The van der Waals surface area contributed by atoms with Crippen LogP contribution in [0.25, 0.3) is 11.4 Å². The number of aromatic nitrogens is 2. The summed E-state index contributed by atoms with van der Waals surface area (Å²) in [7, 11) is 0.0836. The van der Waals surface area contributed by atoms with Gasteiger partial charge in [-0.05, 0) is 75.0 Å². The van der Waals surface area contributed by atoms with Gasteiger partial charge in [0.15, 0.2) is 0 Å². The van der Waals surface area contributed by atoms with Crippen molar-refractivity contribution in [3.8, 4) is 11.4 Å². The lowest BCUT2D eigenvalue weighted by Crippen LogP contribution is -2.49. The van der Waals surface area contributed by atoms with Crippen LogP contribution in [0.4, 0.5) is 0 Å². The first-order valence-corrected chi connectivity index (χ1v) is 32.8. The summed E-state index contributed by atoms with van der Waals surface area (Å²) in [6.07, 6.45) is 4.86. The van der Waals surface area contributed by atoms with E-state index in [4.69, 9.17) is 0 Å². The number of hydrogen-bond acceptors (Lipinski definition) is 0. The van der Waals surface area contributed by atoms with Gasteiger partial charge in [0.1, 0.15) is 23.8 Å².